The van der Waals surface area contributed by atoms with Crippen molar-refractivity contribution < 1.29 is 19.0 Å². The van der Waals surface area contributed by atoms with Crippen LogP contribution in [0, 0.1) is 5.92 Å². The molecule has 0 saturated carbocycles. The van der Waals surface area contributed by atoms with Gasteiger partial charge in [-0.05, 0) is 36.8 Å². The van der Waals surface area contributed by atoms with Crippen molar-refractivity contribution in [2.24, 2.45) is 5.92 Å². The van der Waals surface area contributed by atoms with Gasteiger partial charge in [0.05, 0.1) is 20.4 Å². The Hall–Kier alpha value is -3.22. The predicted octanol–water partition coefficient (Wildman–Crippen LogP) is 2.92. The van der Waals surface area contributed by atoms with Gasteiger partial charge in [0.1, 0.15) is 17.4 Å². The number of carbonyl (C=O) groups is 1. The molecule has 0 spiro atoms. The van der Waals surface area contributed by atoms with Crippen LogP contribution in [0.25, 0.3) is 16.6 Å². The van der Waals surface area contributed by atoms with E-state index in [0.717, 1.165) is 22.4 Å². The van der Waals surface area contributed by atoms with Gasteiger partial charge in [-0.1, -0.05) is 6.07 Å². The predicted molar refractivity (Wildman–Crippen MR) is 105 cm³/mol. The minimum atomic E-state index is -0.0988. The summed E-state index contributed by atoms with van der Waals surface area (Å²) in [6.45, 7) is 2.64. The van der Waals surface area contributed by atoms with E-state index >= 15 is 0 Å². The molecule has 3 heterocycles. The molecule has 2 atom stereocenters. The molecule has 0 bridgehead atoms. The highest BCUT2D eigenvalue weighted by Gasteiger charge is 2.28. The van der Waals surface area contributed by atoms with Crippen LogP contribution in [0.1, 0.15) is 13.3 Å². The maximum atomic E-state index is 11.5. The number of ether oxygens (including phenoxy) is 3. The smallest absolute Gasteiger partial charge is 0.220 e. The van der Waals surface area contributed by atoms with E-state index in [9.17, 15) is 4.79 Å². The summed E-state index contributed by atoms with van der Waals surface area (Å²) in [5, 5.41) is 7.24. The molecule has 1 amide bonds. The third-order valence-electron chi connectivity index (χ3n) is 5.17. The molecular formula is C21H23N3O4. The number of aromatic nitrogens is 2. The van der Waals surface area contributed by atoms with Crippen LogP contribution in [0.5, 0.6) is 17.2 Å². The van der Waals surface area contributed by atoms with Crippen molar-refractivity contribution in [1.29, 1.82) is 0 Å². The molecule has 146 valence electrons. The van der Waals surface area contributed by atoms with Crippen LogP contribution in [-0.2, 0) is 4.79 Å². The number of hydrogen-bond donors (Lipinski definition) is 1. The van der Waals surface area contributed by atoms with Gasteiger partial charge in [-0.3, -0.25) is 4.79 Å². The van der Waals surface area contributed by atoms with E-state index < -0.39 is 0 Å². The Morgan fingerprint density at radius 2 is 1.89 bits per heavy atom. The first kappa shape index (κ1) is 18.2. The highest BCUT2D eigenvalue weighted by atomic mass is 16.5. The third kappa shape index (κ3) is 3.35. The molecule has 3 aromatic rings. The number of benzene rings is 1. The number of amides is 1. The molecule has 4 rings (SSSR count). The molecule has 2 aromatic heterocycles. The van der Waals surface area contributed by atoms with Crippen LogP contribution in [0.4, 0.5) is 0 Å². The Kier molecular flexibility index (Phi) is 4.81. The summed E-state index contributed by atoms with van der Waals surface area (Å²) < 4.78 is 18.8. The minimum Gasteiger partial charge on any atom is -0.493 e. The molecule has 1 aromatic carbocycles. The molecule has 0 aliphatic carbocycles. The lowest BCUT2D eigenvalue weighted by molar-refractivity contribution is -0.119. The Labute approximate surface area is 163 Å². The average molecular weight is 381 g/mol. The first-order chi connectivity index (χ1) is 13.6. The topological polar surface area (TPSA) is 74.1 Å². The zero-order valence-electron chi connectivity index (χ0n) is 16.1. The first-order valence-electron chi connectivity index (χ1n) is 9.22. The average Bonchev–Trinajstić information content (AvgIpc) is 3.36. The van der Waals surface area contributed by atoms with E-state index in [0.29, 0.717) is 24.5 Å². The minimum absolute atomic E-state index is 0.0778. The molecule has 1 aliphatic rings. The molecule has 1 N–H and O–H groups in total. The van der Waals surface area contributed by atoms with Crippen molar-refractivity contribution in [3.05, 3.63) is 42.7 Å². The molecule has 7 nitrogen and oxygen atoms in total. The standard InChI is InChI=1S/C21H23N3O4/c1-13(15-10-21(25)22-11-15)28-19-9-16(12-24-17(19)6-7-23-24)14-4-5-18(26-2)20(8-14)27-3/h4-9,12-13,15H,10-11H2,1-3H3,(H,22,25)/t13-,15?/m1/s1. The number of hydrogen-bond acceptors (Lipinski definition) is 5. The Morgan fingerprint density at radius 1 is 1.11 bits per heavy atom. The van der Waals surface area contributed by atoms with E-state index in [1.54, 1.807) is 24.9 Å². The van der Waals surface area contributed by atoms with Crippen LogP contribution in [0.2, 0.25) is 0 Å². The summed E-state index contributed by atoms with van der Waals surface area (Å²) in [5.41, 5.74) is 2.79. The number of carbonyl (C=O) groups excluding carboxylic acids is 1. The second-order valence-corrected chi connectivity index (χ2v) is 6.92. The van der Waals surface area contributed by atoms with Gasteiger partial charge in [0.2, 0.25) is 5.91 Å². The van der Waals surface area contributed by atoms with Gasteiger partial charge in [0.15, 0.2) is 11.5 Å². The quantitative estimate of drug-likeness (QED) is 0.711. The molecule has 1 fully saturated rings. The SMILES string of the molecule is COc1ccc(-c2cc(O[C@H](C)C3CNC(=O)C3)c3ccnn3c2)cc1OC. The Bertz CT molecular complexity index is 1010. The molecule has 28 heavy (non-hydrogen) atoms. The molecule has 0 radical (unpaired) electrons. The Balaban J connectivity index is 1.70. The van der Waals surface area contributed by atoms with Gasteiger partial charge in [-0.15, -0.1) is 0 Å². The van der Waals surface area contributed by atoms with E-state index in [1.165, 1.54) is 0 Å². The molecule has 7 heteroatoms. The molecule has 1 unspecified atom stereocenters. The van der Waals surface area contributed by atoms with E-state index in [4.69, 9.17) is 14.2 Å². The normalized spacial score (nSPS) is 17.4. The number of rotatable bonds is 6. The summed E-state index contributed by atoms with van der Waals surface area (Å²) in [4.78, 5) is 11.5. The fraction of sp³-hybridized carbons (Fsp3) is 0.333. The monoisotopic (exact) mass is 381 g/mol. The molecule has 1 aliphatic heterocycles. The molecular weight excluding hydrogens is 358 g/mol. The fourth-order valence-corrected chi connectivity index (χ4v) is 3.52. The van der Waals surface area contributed by atoms with Crippen molar-refractivity contribution in [2.45, 2.75) is 19.4 Å². The van der Waals surface area contributed by atoms with Crippen molar-refractivity contribution in [3.63, 3.8) is 0 Å². The lowest BCUT2D eigenvalue weighted by Crippen LogP contribution is -2.25. The van der Waals surface area contributed by atoms with Crippen LogP contribution in [0.3, 0.4) is 0 Å². The lowest BCUT2D eigenvalue weighted by atomic mass is 10.0. The zero-order valence-corrected chi connectivity index (χ0v) is 16.1. The largest absolute Gasteiger partial charge is 0.493 e. The van der Waals surface area contributed by atoms with Gasteiger partial charge >= 0.3 is 0 Å². The fourth-order valence-electron chi connectivity index (χ4n) is 3.52. The third-order valence-corrected chi connectivity index (χ3v) is 5.17. The summed E-state index contributed by atoms with van der Waals surface area (Å²) in [7, 11) is 3.23. The van der Waals surface area contributed by atoms with Gasteiger partial charge in [0.25, 0.3) is 0 Å². The second-order valence-electron chi connectivity index (χ2n) is 6.92. The van der Waals surface area contributed by atoms with Crippen LogP contribution in [0.15, 0.2) is 42.7 Å². The van der Waals surface area contributed by atoms with E-state index in [1.807, 2.05) is 43.5 Å². The van der Waals surface area contributed by atoms with Gasteiger partial charge in [-0.25, -0.2) is 4.52 Å². The number of pyridine rings is 1. The zero-order chi connectivity index (χ0) is 19.7. The van der Waals surface area contributed by atoms with Crippen molar-refractivity contribution in [3.8, 4) is 28.4 Å². The molecule has 1 saturated heterocycles. The number of nitrogens with zero attached hydrogens (tertiary/aromatic N) is 2. The van der Waals surface area contributed by atoms with Gasteiger partial charge < -0.3 is 19.5 Å². The van der Waals surface area contributed by atoms with Crippen LogP contribution >= 0.6 is 0 Å². The summed E-state index contributed by atoms with van der Waals surface area (Å²) in [6, 6.07) is 9.69. The maximum absolute atomic E-state index is 11.5. The highest BCUT2D eigenvalue weighted by Crippen LogP contribution is 2.35. The Morgan fingerprint density at radius 3 is 2.61 bits per heavy atom. The lowest BCUT2D eigenvalue weighted by Gasteiger charge is -2.21. The first-order valence-corrected chi connectivity index (χ1v) is 9.22. The highest BCUT2D eigenvalue weighted by molar-refractivity contribution is 5.78. The van der Waals surface area contributed by atoms with Crippen LogP contribution in [-0.4, -0.2) is 42.4 Å². The summed E-state index contributed by atoms with van der Waals surface area (Å²) >= 11 is 0. The van der Waals surface area contributed by atoms with Gasteiger partial charge in [0, 0.05) is 30.6 Å². The van der Waals surface area contributed by atoms with Crippen molar-refractivity contribution in [1.82, 2.24) is 14.9 Å². The number of fused-ring (bicyclic) bond motifs is 1. The number of methoxy groups -OCH3 is 2. The van der Waals surface area contributed by atoms with Crippen molar-refractivity contribution >= 4 is 11.4 Å². The maximum Gasteiger partial charge on any atom is 0.220 e. The van der Waals surface area contributed by atoms with Crippen LogP contribution < -0.4 is 19.5 Å². The van der Waals surface area contributed by atoms with Gasteiger partial charge in [-0.2, -0.15) is 5.10 Å². The van der Waals surface area contributed by atoms with E-state index in [2.05, 4.69) is 10.4 Å². The van der Waals surface area contributed by atoms with Crippen molar-refractivity contribution in [2.75, 3.05) is 20.8 Å². The number of nitrogens with one attached hydrogen (secondary N) is 1. The summed E-state index contributed by atoms with van der Waals surface area (Å²) in [6.07, 6.45) is 4.09. The summed E-state index contributed by atoms with van der Waals surface area (Å²) in [5.74, 6) is 2.30. The second kappa shape index (κ2) is 7.42. The van der Waals surface area contributed by atoms with E-state index in [-0.39, 0.29) is 17.9 Å².